The van der Waals surface area contributed by atoms with Crippen LogP contribution >= 0.6 is 34.8 Å². The van der Waals surface area contributed by atoms with E-state index >= 15 is 0 Å². The Morgan fingerprint density at radius 2 is 1.70 bits per heavy atom. The van der Waals surface area contributed by atoms with Gasteiger partial charge in [0.1, 0.15) is 11.2 Å². The van der Waals surface area contributed by atoms with Gasteiger partial charge in [-0.25, -0.2) is 4.39 Å². The average molecular weight is 442 g/mol. The average Bonchev–Trinajstić information content (AvgIpc) is 3.06. The molecule has 2 aromatic carbocycles. The van der Waals surface area contributed by atoms with Crippen molar-refractivity contribution in [3.8, 4) is 0 Å². The van der Waals surface area contributed by atoms with Gasteiger partial charge in [0.2, 0.25) is 0 Å². The number of rotatable bonds is 3. The molecule has 0 aromatic heterocycles. The van der Waals surface area contributed by atoms with Crippen LogP contribution in [0.4, 0.5) is 23.2 Å². The summed E-state index contributed by atoms with van der Waals surface area (Å²) in [7, 11) is 0. The van der Waals surface area contributed by atoms with Gasteiger partial charge in [0.25, 0.3) is 0 Å². The summed E-state index contributed by atoms with van der Waals surface area (Å²) in [5, 5.41) is -0.0760. The van der Waals surface area contributed by atoms with Crippen molar-refractivity contribution in [1.29, 1.82) is 0 Å². The molecule has 0 spiro atoms. The number of hydrogen-bond acceptors (Lipinski definition) is 2. The minimum atomic E-state index is -4.56. The van der Waals surface area contributed by atoms with E-state index in [1.165, 1.54) is 29.2 Å². The van der Waals surface area contributed by atoms with E-state index < -0.39 is 17.4 Å². The summed E-state index contributed by atoms with van der Waals surface area (Å²) in [6.07, 6.45) is -4.77. The molecule has 0 unspecified atom stereocenters. The molecule has 0 bridgehead atoms. The summed E-state index contributed by atoms with van der Waals surface area (Å²) in [6.45, 7) is -0.272. The molecule has 2 N–H and O–H groups in total. The maximum Gasteiger partial charge on any atom is 0.400 e. The first-order chi connectivity index (χ1) is 12.6. The first kappa shape index (κ1) is 20.5. The Morgan fingerprint density at radius 3 is 2.22 bits per heavy atom. The van der Waals surface area contributed by atoms with Gasteiger partial charge in [0.15, 0.2) is 0 Å². The summed E-state index contributed by atoms with van der Waals surface area (Å²) in [6, 6.07) is 6.65. The van der Waals surface area contributed by atoms with Gasteiger partial charge in [-0.1, -0.05) is 40.9 Å². The fourth-order valence-electron chi connectivity index (χ4n) is 3.39. The van der Waals surface area contributed by atoms with Crippen molar-refractivity contribution in [2.75, 3.05) is 18.0 Å². The van der Waals surface area contributed by atoms with Crippen molar-refractivity contribution < 1.29 is 17.6 Å². The minimum Gasteiger partial charge on any atom is -0.370 e. The molecule has 1 atom stereocenters. The SMILES string of the molecule is NCc1ccc(N2CC[C@](c3cc(Cl)c(Cl)c(Cl)c3)(C(F)(F)F)C2)cc1F. The highest BCUT2D eigenvalue weighted by Crippen LogP contribution is 2.50. The van der Waals surface area contributed by atoms with E-state index in [2.05, 4.69) is 0 Å². The standard InChI is InChI=1S/C18H15Cl3F4N2/c19-13-5-11(6-14(20)16(13)21)17(18(23,24)25)3-4-27(9-17)12-2-1-10(8-26)15(22)7-12/h1-2,5-7H,3-4,8-9,26H2/t17-/m0/s1. The number of hydrogen-bond donors (Lipinski definition) is 1. The topological polar surface area (TPSA) is 29.3 Å². The highest BCUT2D eigenvalue weighted by molar-refractivity contribution is 6.48. The molecule has 0 saturated carbocycles. The molecule has 2 nitrogen and oxygen atoms in total. The molecule has 1 heterocycles. The Morgan fingerprint density at radius 1 is 1.07 bits per heavy atom. The molecule has 3 rings (SSSR count). The molecule has 1 saturated heterocycles. The number of nitrogens with zero attached hydrogens (tertiary/aromatic N) is 1. The molecule has 0 aliphatic carbocycles. The lowest BCUT2D eigenvalue weighted by Gasteiger charge is -2.33. The molecule has 146 valence electrons. The molecule has 9 heteroatoms. The van der Waals surface area contributed by atoms with Crippen molar-refractivity contribution in [2.24, 2.45) is 5.73 Å². The lowest BCUT2D eigenvalue weighted by atomic mass is 9.79. The van der Waals surface area contributed by atoms with Gasteiger partial charge in [-0.05, 0) is 36.2 Å². The molecule has 0 radical (unpaired) electrons. The quantitative estimate of drug-likeness (QED) is 0.471. The molecule has 2 aromatic rings. The first-order valence-electron chi connectivity index (χ1n) is 8.04. The van der Waals surface area contributed by atoms with E-state index in [0.29, 0.717) is 11.3 Å². The van der Waals surface area contributed by atoms with Crippen molar-refractivity contribution in [1.82, 2.24) is 0 Å². The van der Waals surface area contributed by atoms with Gasteiger partial charge < -0.3 is 10.6 Å². The zero-order valence-electron chi connectivity index (χ0n) is 13.9. The van der Waals surface area contributed by atoms with Gasteiger partial charge in [0.05, 0.1) is 15.1 Å². The lowest BCUT2D eigenvalue weighted by Crippen LogP contribution is -2.45. The highest BCUT2D eigenvalue weighted by Gasteiger charge is 2.59. The zero-order chi connectivity index (χ0) is 20.0. The van der Waals surface area contributed by atoms with Crippen molar-refractivity contribution >= 4 is 40.5 Å². The minimum absolute atomic E-state index is 0.00806. The zero-order valence-corrected chi connectivity index (χ0v) is 16.2. The van der Waals surface area contributed by atoms with Crippen molar-refractivity contribution in [3.63, 3.8) is 0 Å². The van der Waals surface area contributed by atoms with E-state index in [1.807, 2.05) is 0 Å². The smallest absolute Gasteiger partial charge is 0.370 e. The third kappa shape index (κ3) is 3.60. The summed E-state index contributed by atoms with van der Waals surface area (Å²) in [5.74, 6) is -0.544. The van der Waals surface area contributed by atoms with Crippen LogP contribution in [0.25, 0.3) is 0 Å². The Hall–Kier alpha value is -1.21. The second-order valence-electron chi connectivity index (χ2n) is 6.49. The van der Waals surface area contributed by atoms with Crippen LogP contribution in [0.3, 0.4) is 0 Å². The number of alkyl halides is 3. The second-order valence-corrected chi connectivity index (χ2v) is 7.68. The third-order valence-electron chi connectivity index (χ3n) is 4.97. The molecular formula is C18H15Cl3F4N2. The Bertz CT molecular complexity index is 849. The predicted octanol–water partition coefficient (Wildman–Crippen LogP) is 5.96. The predicted molar refractivity (Wildman–Crippen MR) is 100 cm³/mol. The summed E-state index contributed by atoms with van der Waals surface area (Å²) in [4.78, 5) is 1.49. The normalized spacial score (nSPS) is 20.4. The molecule has 1 aliphatic heterocycles. The maximum atomic E-state index is 14.1. The fourth-order valence-corrected chi connectivity index (χ4v) is 3.99. The van der Waals surface area contributed by atoms with Gasteiger partial charge >= 0.3 is 6.18 Å². The number of anilines is 1. The molecule has 0 amide bonds. The molecule has 1 fully saturated rings. The highest BCUT2D eigenvalue weighted by atomic mass is 35.5. The fraction of sp³-hybridized carbons (Fsp3) is 0.333. The number of nitrogens with two attached hydrogens (primary N) is 1. The van der Waals surface area contributed by atoms with Crippen LogP contribution in [0.1, 0.15) is 17.5 Å². The summed E-state index contributed by atoms with van der Waals surface area (Å²) < 4.78 is 56.4. The van der Waals surface area contributed by atoms with Crippen LogP contribution in [0.15, 0.2) is 30.3 Å². The van der Waals surface area contributed by atoms with Crippen LogP contribution < -0.4 is 10.6 Å². The summed E-state index contributed by atoms with van der Waals surface area (Å²) in [5.41, 5.74) is 3.85. The van der Waals surface area contributed by atoms with E-state index in [4.69, 9.17) is 40.5 Å². The Labute approximate surface area is 168 Å². The maximum absolute atomic E-state index is 14.1. The Kier molecular flexibility index (Phi) is 5.56. The van der Waals surface area contributed by atoms with E-state index in [-0.39, 0.29) is 46.7 Å². The third-order valence-corrected chi connectivity index (χ3v) is 6.17. The van der Waals surface area contributed by atoms with Crippen LogP contribution in [-0.2, 0) is 12.0 Å². The Balaban J connectivity index is 2.02. The molecular weight excluding hydrogens is 427 g/mol. The van der Waals surface area contributed by atoms with Crippen molar-refractivity contribution in [2.45, 2.75) is 24.6 Å². The van der Waals surface area contributed by atoms with Gasteiger partial charge in [0, 0.05) is 30.9 Å². The largest absolute Gasteiger partial charge is 0.400 e. The van der Waals surface area contributed by atoms with E-state index in [0.717, 1.165) is 0 Å². The summed E-state index contributed by atoms with van der Waals surface area (Å²) >= 11 is 17.8. The van der Waals surface area contributed by atoms with Gasteiger partial charge in [-0.3, -0.25) is 0 Å². The van der Waals surface area contributed by atoms with Crippen LogP contribution in [0.2, 0.25) is 15.1 Å². The first-order valence-corrected chi connectivity index (χ1v) is 9.17. The van der Waals surface area contributed by atoms with E-state index in [9.17, 15) is 17.6 Å². The number of halogens is 7. The monoisotopic (exact) mass is 440 g/mol. The lowest BCUT2D eigenvalue weighted by molar-refractivity contribution is -0.184. The van der Waals surface area contributed by atoms with Crippen molar-refractivity contribution in [3.05, 3.63) is 62.3 Å². The molecule has 27 heavy (non-hydrogen) atoms. The van der Waals surface area contributed by atoms with Crippen LogP contribution in [0, 0.1) is 5.82 Å². The van der Waals surface area contributed by atoms with Gasteiger partial charge in [-0.2, -0.15) is 13.2 Å². The molecule has 1 aliphatic rings. The van der Waals surface area contributed by atoms with Gasteiger partial charge in [-0.15, -0.1) is 0 Å². The number of benzene rings is 2. The van der Waals surface area contributed by atoms with Crippen LogP contribution in [-0.4, -0.2) is 19.3 Å². The second kappa shape index (κ2) is 7.32. The van der Waals surface area contributed by atoms with E-state index in [1.54, 1.807) is 6.07 Å². The van der Waals surface area contributed by atoms with Crippen LogP contribution in [0.5, 0.6) is 0 Å².